The molecular weight excluding hydrogens is 204 g/mol. The molecule has 1 aliphatic rings. The highest BCUT2D eigenvalue weighted by Gasteiger charge is 2.23. The Labute approximate surface area is 96.3 Å². The Morgan fingerprint density at radius 1 is 1.38 bits per heavy atom. The predicted molar refractivity (Wildman–Crippen MR) is 61.3 cm³/mol. The van der Waals surface area contributed by atoms with Crippen LogP contribution in [0.4, 0.5) is 0 Å². The lowest BCUT2D eigenvalue weighted by atomic mass is 10.2. The minimum atomic E-state index is 0.132. The van der Waals surface area contributed by atoms with Crippen molar-refractivity contribution in [3.8, 4) is 0 Å². The summed E-state index contributed by atoms with van der Waals surface area (Å²) >= 11 is 0. The topological polar surface area (TPSA) is 31.0 Å². The third-order valence-electron chi connectivity index (χ3n) is 2.43. The van der Waals surface area contributed by atoms with Crippen molar-refractivity contribution in [1.29, 1.82) is 0 Å². The molecule has 1 aromatic rings. The molecule has 0 bridgehead atoms. The quantitative estimate of drug-likeness (QED) is 0.661. The Bertz CT molecular complexity index is 295. The van der Waals surface area contributed by atoms with Crippen molar-refractivity contribution < 1.29 is 14.2 Å². The van der Waals surface area contributed by atoms with E-state index in [0.29, 0.717) is 25.9 Å². The van der Waals surface area contributed by atoms with Crippen molar-refractivity contribution in [1.82, 2.24) is 0 Å². The maximum Gasteiger partial charge on any atom is 0.104 e. The molecule has 0 amide bonds. The summed E-state index contributed by atoms with van der Waals surface area (Å²) < 4.78 is 16.2. The third kappa shape index (κ3) is 4.31. The van der Waals surface area contributed by atoms with Crippen LogP contribution in [0.15, 0.2) is 30.3 Å². The Morgan fingerprint density at radius 2 is 2.12 bits per heavy atom. The van der Waals surface area contributed by atoms with Crippen LogP contribution in [0, 0.1) is 0 Å². The van der Waals surface area contributed by atoms with Crippen molar-refractivity contribution in [3.63, 3.8) is 0 Å². The molecule has 1 aromatic carbocycles. The number of rotatable bonds is 7. The summed E-state index contributed by atoms with van der Waals surface area (Å²) in [5, 5.41) is 0. The molecule has 1 fully saturated rings. The van der Waals surface area contributed by atoms with Gasteiger partial charge in [0.05, 0.1) is 32.5 Å². The Hall–Kier alpha value is -0.900. The normalized spacial score (nSPS) is 20.7. The van der Waals surface area contributed by atoms with Crippen LogP contribution in [0.25, 0.3) is 0 Å². The van der Waals surface area contributed by atoms with E-state index in [1.54, 1.807) is 0 Å². The Morgan fingerprint density at radius 3 is 2.81 bits per heavy atom. The zero-order valence-corrected chi connectivity index (χ0v) is 9.59. The fraction of sp³-hybridized carbons (Fsp3) is 0.538. The number of ether oxygens (including phenoxy) is 3. The van der Waals surface area contributed by atoms with Crippen molar-refractivity contribution >= 4 is 0 Å². The highest BCUT2D eigenvalue weighted by Crippen LogP contribution is 2.10. The number of epoxide rings is 1. The molecule has 3 nitrogen and oxygen atoms in total. The molecule has 0 spiro atoms. The van der Waals surface area contributed by atoms with Crippen LogP contribution in [0.2, 0.25) is 0 Å². The molecule has 1 aliphatic heterocycles. The smallest absolute Gasteiger partial charge is 0.104 e. The molecule has 88 valence electrons. The standard InChI is InChI=1S/C13H18O3/c1-11(15-9-13-10-16-13)7-14-8-12-5-3-2-4-6-12/h2-6,11,13H,7-10H2,1H3/t11?,13-/m0/s1. The van der Waals surface area contributed by atoms with E-state index in [1.165, 1.54) is 5.56 Å². The van der Waals surface area contributed by atoms with Gasteiger partial charge in [0.25, 0.3) is 0 Å². The van der Waals surface area contributed by atoms with E-state index in [-0.39, 0.29) is 6.10 Å². The first-order chi connectivity index (χ1) is 7.84. The van der Waals surface area contributed by atoms with Crippen molar-refractivity contribution in [3.05, 3.63) is 35.9 Å². The highest BCUT2D eigenvalue weighted by atomic mass is 16.6. The van der Waals surface area contributed by atoms with Gasteiger partial charge in [-0.2, -0.15) is 0 Å². The summed E-state index contributed by atoms with van der Waals surface area (Å²) in [6.45, 7) is 4.83. The van der Waals surface area contributed by atoms with Crippen molar-refractivity contribution in [2.24, 2.45) is 0 Å². The molecule has 0 radical (unpaired) electrons. The molecule has 2 rings (SSSR count). The summed E-state index contributed by atoms with van der Waals surface area (Å²) in [4.78, 5) is 0. The molecule has 16 heavy (non-hydrogen) atoms. The molecule has 2 atom stereocenters. The first kappa shape index (κ1) is 11.6. The molecule has 1 saturated heterocycles. The van der Waals surface area contributed by atoms with E-state index in [4.69, 9.17) is 14.2 Å². The van der Waals surface area contributed by atoms with Gasteiger partial charge >= 0.3 is 0 Å². The second-order valence-corrected chi connectivity index (χ2v) is 4.10. The lowest BCUT2D eigenvalue weighted by Crippen LogP contribution is -2.18. The van der Waals surface area contributed by atoms with Gasteiger partial charge in [-0.15, -0.1) is 0 Å². The fourth-order valence-electron chi connectivity index (χ4n) is 1.40. The second-order valence-electron chi connectivity index (χ2n) is 4.10. The van der Waals surface area contributed by atoms with E-state index >= 15 is 0 Å². The summed E-state index contributed by atoms with van der Waals surface area (Å²) in [5.74, 6) is 0. The minimum absolute atomic E-state index is 0.132. The monoisotopic (exact) mass is 222 g/mol. The largest absolute Gasteiger partial charge is 0.374 e. The summed E-state index contributed by atoms with van der Waals surface area (Å²) in [6.07, 6.45) is 0.462. The van der Waals surface area contributed by atoms with Crippen LogP contribution < -0.4 is 0 Å². The molecule has 0 aliphatic carbocycles. The third-order valence-corrected chi connectivity index (χ3v) is 2.43. The van der Waals surface area contributed by atoms with Gasteiger partial charge in [0, 0.05) is 0 Å². The predicted octanol–water partition coefficient (Wildman–Crippen LogP) is 2.01. The molecule has 1 heterocycles. The molecule has 0 saturated carbocycles. The number of benzene rings is 1. The van der Waals surface area contributed by atoms with Gasteiger partial charge < -0.3 is 14.2 Å². The summed E-state index contributed by atoms with van der Waals surface area (Å²) in [6, 6.07) is 10.2. The van der Waals surface area contributed by atoms with Crippen LogP contribution >= 0.6 is 0 Å². The maximum absolute atomic E-state index is 5.57. The number of hydrogen-bond donors (Lipinski definition) is 0. The second kappa shape index (κ2) is 5.99. The summed E-state index contributed by atoms with van der Waals surface area (Å²) in [7, 11) is 0. The zero-order chi connectivity index (χ0) is 11.2. The van der Waals surface area contributed by atoms with Crippen LogP contribution in [0.3, 0.4) is 0 Å². The maximum atomic E-state index is 5.57. The van der Waals surface area contributed by atoms with E-state index < -0.39 is 0 Å². The minimum Gasteiger partial charge on any atom is -0.374 e. The Balaban J connectivity index is 1.56. The van der Waals surface area contributed by atoms with Crippen LogP contribution in [-0.2, 0) is 20.8 Å². The lowest BCUT2D eigenvalue weighted by Gasteiger charge is -2.12. The molecule has 1 unspecified atom stereocenters. The van der Waals surface area contributed by atoms with E-state index in [2.05, 4.69) is 12.1 Å². The van der Waals surface area contributed by atoms with Gasteiger partial charge in [0.1, 0.15) is 6.10 Å². The fourth-order valence-corrected chi connectivity index (χ4v) is 1.40. The van der Waals surface area contributed by atoms with Gasteiger partial charge in [-0.05, 0) is 12.5 Å². The first-order valence-electron chi connectivity index (χ1n) is 5.69. The van der Waals surface area contributed by atoms with Crippen LogP contribution in [0.1, 0.15) is 12.5 Å². The zero-order valence-electron chi connectivity index (χ0n) is 9.59. The first-order valence-corrected chi connectivity index (χ1v) is 5.69. The molecule has 0 aromatic heterocycles. The van der Waals surface area contributed by atoms with Crippen molar-refractivity contribution in [2.45, 2.75) is 25.7 Å². The van der Waals surface area contributed by atoms with Gasteiger partial charge in [-0.1, -0.05) is 30.3 Å². The van der Waals surface area contributed by atoms with Gasteiger partial charge in [0.2, 0.25) is 0 Å². The van der Waals surface area contributed by atoms with Gasteiger partial charge in [0.15, 0.2) is 0 Å². The SMILES string of the molecule is CC(COCc1ccccc1)OC[C@H]1CO1. The van der Waals surface area contributed by atoms with Gasteiger partial charge in [-0.3, -0.25) is 0 Å². The molecule has 0 N–H and O–H groups in total. The van der Waals surface area contributed by atoms with Crippen molar-refractivity contribution in [2.75, 3.05) is 19.8 Å². The highest BCUT2D eigenvalue weighted by molar-refractivity contribution is 5.13. The van der Waals surface area contributed by atoms with Crippen LogP contribution in [-0.4, -0.2) is 32.0 Å². The summed E-state index contributed by atoms with van der Waals surface area (Å²) in [5.41, 5.74) is 1.19. The Kier molecular flexibility index (Phi) is 4.34. The average Bonchev–Trinajstić information content (AvgIpc) is 3.12. The van der Waals surface area contributed by atoms with E-state index in [9.17, 15) is 0 Å². The van der Waals surface area contributed by atoms with Crippen LogP contribution in [0.5, 0.6) is 0 Å². The number of hydrogen-bond acceptors (Lipinski definition) is 3. The van der Waals surface area contributed by atoms with Gasteiger partial charge in [-0.25, -0.2) is 0 Å². The lowest BCUT2D eigenvalue weighted by molar-refractivity contribution is -0.0166. The average molecular weight is 222 g/mol. The molecule has 3 heteroatoms. The van der Waals surface area contributed by atoms with E-state index in [1.807, 2.05) is 25.1 Å². The van der Waals surface area contributed by atoms with E-state index in [0.717, 1.165) is 6.61 Å². The molecular formula is C13H18O3.